The number of nitrogens with zero attached hydrogens (tertiary/aromatic N) is 1. The van der Waals surface area contributed by atoms with Gasteiger partial charge in [-0.05, 0) is 12.8 Å². The summed E-state index contributed by atoms with van der Waals surface area (Å²) in [6.45, 7) is 4.27. The topological polar surface area (TPSA) is 189 Å². The van der Waals surface area contributed by atoms with Gasteiger partial charge in [-0.2, -0.15) is 0 Å². The zero-order valence-corrected chi connectivity index (χ0v) is 40.2. The summed E-state index contributed by atoms with van der Waals surface area (Å²) in [5.41, 5.74) is 0. The van der Waals surface area contributed by atoms with Crippen molar-refractivity contribution in [1.82, 2.24) is 0 Å². The average Bonchev–Trinajstić information content (AvgIpc) is 3.14. The van der Waals surface area contributed by atoms with Gasteiger partial charge in [0.15, 0.2) is 6.10 Å². The summed E-state index contributed by atoms with van der Waals surface area (Å²) in [5, 5.41) is 0. The molecule has 0 aromatic rings. The average molecular weight is 888 g/mol. The van der Waals surface area contributed by atoms with Gasteiger partial charge in [0.2, 0.25) is 0 Å². The number of rotatable bonds is 42. The van der Waals surface area contributed by atoms with Crippen LogP contribution in [0.2, 0.25) is 0 Å². The third kappa shape index (κ3) is 55.1. The fourth-order valence-corrected chi connectivity index (χ4v) is 7.27. The summed E-state index contributed by atoms with van der Waals surface area (Å²) >= 11 is 0. The van der Waals surface area contributed by atoms with Crippen molar-refractivity contribution in [1.29, 1.82) is 0 Å². The van der Waals surface area contributed by atoms with Crippen LogP contribution in [-0.4, -0.2) is 84.7 Å². The van der Waals surface area contributed by atoms with E-state index in [-0.39, 0.29) is 32.0 Å². The van der Waals surface area contributed by atoms with E-state index in [1.165, 1.54) is 154 Å². The lowest BCUT2D eigenvalue weighted by atomic mass is 10.0. The van der Waals surface area contributed by atoms with Crippen LogP contribution in [0, 0.1) is 0 Å². The highest BCUT2D eigenvalue weighted by Crippen LogP contribution is 2.38. The molecule has 0 bridgehead atoms. The Kier molecular flexibility index (Phi) is 42.0. The molecule has 3 N–H and O–H groups in total. The first kappa shape index (κ1) is 60.2. The number of likely N-dealkylation sites (N-methyl/N-ethyl adjacent to an activating group) is 1. The molecule has 13 nitrogen and oxygen atoms in total. The highest BCUT2D eigenvalue weighted by Gasteiger charge is 2.21. The first-order valence-electron chi connectivity index (χ1n) is 23.5. The van der Waals surface area contributed by atoms with Gasteiger partial charge in [0, 0.05) is 12.8 Å². The largest absolute Gasteiger partial charge is 0.756 e. The molecule has 15 heteroatoms. The summed E-state index contributed by atoms with van der Waals surface area (Å²) in [6.07, 6.45) is 36.9. The third-order valence-electron chi connectivity index (χ3n) is 10.1. The Labute approximate surface area is 360 Å². The third-order valence-corrected chi connectivity index (χ3v) is 11.1. The molecule has 0 spiro atoms. The molecule has 0 aromatic carbocycles. The lowest BCUT2D eigenvalue weighted by Crippen LogP contribution is -2.37. The van der Waals surface area contributed by atoms with Crippen molar-refractivity contribution in [3.8, 4) is 0 Å². The van der Waals surface area contributed by atoms with E-state index in [1.54, 1.807) is 0 Å². The van der Waals surface area contributed by atoms with Crippen LogP contribution in [0.5, 0.6) is 0 Å². The van der Waals surface area contributed by atoms with E-state index in [1.807, 2.05) is 21.1 Å². The van der Waals surface area contributed by atoms with Gasteiger partial charge in [0.25, 0.3) is 7.82 Å². The highest BCUT2D eigenvalue weighted by molar-refractivity contribution is 7.45. The van der Waals surface area contributed by atoms with E-state index < -0.39 is 34.3 Å². The normalized spacial score (nSPS) is 13.4. The molecule has 0 rings (SSSR count). The van der Waals surface area contributed by atoms with Crippen LogP contribution in [0.15, 0.2) is 0 Å². The molecule has 0 aromatic heterocycles. The van der Waals surface area contributed by atoms with Crippen LogP contribution in [0.1, 0.15) is 219 Å². The SMILES string of the molecule is CCCCCCCCCCCCCCCCCC(=O)OC[C@H](COP(=O)([O-])OCC[N+](C)(C)C)OC(=O)CCCCCCCCCCCCCCCCC.O=P(O)(O)O. The van der Waals surface area contributed by atoms with E-state index in [2.05, 4.69) is 13.8 Å². The predicted octanol–water partition coefficient (Wildman–Crippen LogP) is 11.2. The number of hydrogen-bond acceptors (Lipinski definition) is 9. The van der Waals surface area contributed by atoms with Gasteiger partial charge in [0.05, 0.1) is 27.7 Å². The minimum absolute atomic E-state index is 0.0256. The van der Waals surface area contributed by atoms with E-state index in [9.17, 15) is 19.0 Å². The van der Waals surface area contributed by atoms with Crippen molar-refractivity contribution < 1.29 is 61.3 Å². The van der Waals surface area contributed by atoms with Gasteiger partial charge >= 0.3 is 19.8 Å². The lowest BCUT2D eigenvalue weighted by Gasteiger charge is -2.28. The fourth-order valence-electron chi connectivity index (χ4n) is 6.54. The van der Waals surface area contributed by atoms with Gasteiger partial charge < -0.3 is 42.6 Å². The van der Waals surface area contributed by atoms with E-state index >= 15 is 0 Å². The number of phosphoric ester groups is 1. The summed E-state index contributed by atoms with van der Waals surface area (Å²) in [7, 11) is -3.46. The first-order valence-corrected chi connectivity index (χ1v) is 26.6. The van der Waals surface area contributed by atoms with Gasteiger partial charge in [0.1, 0.15) is 19.8 Å². The minimum Gasteiger partial charge on any atom is -0.756 e. The van der Waals surface area contributed by atoms with Crippen molar-refractivity contribution in [2.75, 3.05) is 47.5 Å². The number of ether oxygens (including phenoxy) is 2. The zero-order valence-electron chi connectivity index (χ0n) is 38.4. The first-order chi connectivity index (χ1) is 28.0. The second kappa shape index (κ2) is 41.1. The molecule has 0 amide bonds. The Balaban J connectivity index is 0. The molecule has 0 heterocycles. The summed E-state index contributed by atoms with van der Waals surface area (Å²) < 4.78 is 42.8. The highest BCUT2D eigenvalue weighted by atomic mass is 31.2. The number of carbonyl (C=O) groups excluding carboxylic acids is 2. The van der Waals surface area contributed by atoms with Crippen LogP contribution in [0.4, 0.5) is 0 Å². The second-order valence-corrected chi connectivity index (χ2v) is 19.7. The molecule has 0 saturated carbocycles. The Morgan fingerprint density at radius 3 is 1.14 bits per heavy atom. The molecule has 1 unspecified atom stereocenters. The number of esters is 2. The number of carbonyl (C=O) groups is 2. The van der Waals surface area contributed by atoms with E-state index in [4.69, 9.17) is 37.8 Å². The lowest BCUT2D eigenvalue weighted by molar-refractivity contribution is -0.870. The fraction of sp³-hybridized carbons (Fsp3) is 0.955. The number of hydrogen-bond donors (Lipinski definition) is 3. The molecule has 0 saturated heterocycles. The van der Waals surface area contributed by atoms with Crippen LogP contribution in [-0.2, 0) is 37.2 Å². The van der Waals surface area contributed by atoms with Crippen molar-refractivity contribution >= 4 is 27.6 Å². The molecule has 0 aliphatic carbocycles. The van der Waals surface area contributed by atoms with E-state index in [0.29, 0.717) is 17.4 Å². The molecule has 354 valence electrons. The van der Waals surface area contributed by atoms with Crippen LogP contribution in [0.25, 0.3) is 0 Å². The van der Waals surface area contributed by atoms with Gasteiger partial charge in [-0.15, -0.1) is 0 Å². The maximum atomic E-state index is 12.7. The smallest absolute Gasteiger partial charge is 0.466 e. The number of phosphoric acid groups is 2. The van der Waals surface area contributed by atoms with E-state index in [0.717, 1.165) is 32.1 Å². The van der Waals surface area contributed by atoms with Gasteiger partial charge in [-0.1, -0.05) is 194 Å². The number of quaternary nitrogens is 1. The zero-order chi connectivity index (χ0) is 44.5. The van der Waals surface area contributed by atoms with Crippen LogP contribution < -0.4 is 4.89 Å². The monoisotopic (exact) mass is 888 g/mol. The Morgan fingerprint density at radius 2 is 0.814 bits per heavy atom. The number of unbranched alkanes of at least 4 members (excludes halogenated alkanes) is 28. The summed E-state index contributed by atoms with van der Waals surface area (Å²) in [5.74, 6) is -0.818. The molecule has 0 fully saturated rings. The van der Waals surface area contributed by atoms with Crippen LogP contribution in [0.3, 0.4) is 0 Å². The van der Waals surface area contributed by atoms with Crippen molar-refractivity contribution in [2.24, 2.45) is 0 Å². The molecular weight excluding hydrogens is 796 g/mol. The van der Waals surface area contributed by atoms with Gasteiger partial charge in [-0.25, -0.2) is 4.57 Å². The maximum absolute atomic E-state index is 12.7. The standard InChI is InChI=1S/C44H88NO8P.H3O4P/c1-6-8-10-12-14-16-18-20-22-24-26-28-30-32-34-36-43(46)50-40-42(41-52-54(48,49)51-39-38-45(3,4)5)53-44(47)37-35-33-31-29-27-25-23-21-19-17-15-13-11-9-7-2;1-5(2,3)4/h42H,6-41H2,1-5H3;(H3,1,2,3,4)/t42-;/m1./s1. The molecule has 2 atom stereocenters. The minimum atomic E-state index is -4.64. The Bertz CT molecular complexity index is 1050. The molecule has 0 radical (unpaired) electrons. The quantitative estimate of drug-likeness (QED) is 0.0228. The molecule has 0 aliphatic rings. The second-order valence-electron chi connectivity index (χ2n) is 17.3. The Morgan fingerprint density at radius 1 is 0.508 bits per heavy atom. The van der Waals surface area contributed by atoms with Crippen molar-refractivity contribution in [3.63, 3.8) is 0 Å². The van der Waals surface area contributed by atoms with Crippen molar-refractivity contribution in [2.45, 2.75) is 225 Å². The van der Waals surface area contributed by atoms with Gasteiger partial charge in [-0.3, -0.25) is 14.2 Å². The summed E-state index contributed by atoms with van der Waals surface area (Å²) in [6, 6.07) is 0. The Hall–Kier alpha value is -0.880. The maximum Gasteiger partial charge on any atom is 0.466 e. The van der Waals surface area contributed by atoms with Crippen LogP contribution >= 0.6 is 15.6 Å². The predicted molar refractivity (Wildman–Crippen MR) is 237 cm³/mol. The molecular formula is C44H91NO12P2. The molecule has 59 heavy (non-hydrogen) atoms. The summed E-state index contributed by atoms with van der Waals surface area (Å²) in [4.78, 5) is 59.1. The van der Waals surface area contributed by atoms with Crippen molar-refractivity contribution in [3.05, 3.63) is 0 Å². The molecule has 0 aliphatic heterocycles.